The first-order valence-electron chi connectivity index (χ1n) is 6.03. The molecule has 1 saturated heterocycles. The number of carbonyl (C=O) groups excluding carboxylic acids is 1. The van der Waals surface area contributed by atoms with Crippen molar-refractivity contribution in [2.45, 2.75) is 32.2 Å². The van der Waals surface area contributed by atoms with Crippen molar-refractivity contribution < 1.29 is 9.53 Å². The van der Waals surface area contributed by atoms with Gasteiger partial charge in [0.25, 0.3) is 5.91 Å². The summed E-state index contributed by atoms with van der Waals surface area (Å²) in [6, 6.07) is 3.83. The molecular formula is C13H18N2O2. The number of hydrogen-bond acceptors (Lipinski definition) is 3. The Hall–Kier alpha value is -1.58. The highest BCUT2D eigenvalue weighted by molar-refractivity contribution is 5.94. The highest BCUT2D eigenvalue weighted by Crippen LogP contribution is 2.19. The van der Waals surface area contributed by atoms with Crippen molar-refractivity contribution in [3.8, 4) is 5.88 Å². The molecule has 1 aromatic rings. The normalized spacial score (nSPS) is 20.1. The van der Waals surface area contributed by atoms with Crippen molar-refractivity contribution in [1.82, 2.24) is 9.88 Å². The second-order valence-electron chi connectivity index (χ2n) is 4.43. The fraction of sp³-hybridized carbons (Fsp3) is 0.538. The Morgan fingerprint density at radius 1 is 1.47 bits per heavy atom. The number of likely N-dealkylation sites (tertiary alicyclic amines) is 1. The van der Waals surface area contributed by atoms with Crippen LogP contribution in [-0.4, -0.2) is 35.5 Å². The molecule has 0 aromatic carbocycles. The molecule has 0 saturated carbocycles. The molecule has 0 aliphatic carbocycles. The summed E-state index contributed by atoms with van der Waals surface area (Å²) in [5, 5.41) is 0. The van der Waals surface area contributed by atoms with E-state index in [0.29, 0.717) is 17.5 Å². The van der Waals surface area contributed by atoms with Gasteiger partial charge in [-0.05, 0) is 32.3 Å². The van der Waals surface area contributed by atoms with Crippen LogP contribution in [0.15, 0.2) is 18.3 Å². The summed E-state index contributed by atoms with van der Waals surface area (Å²) in [6.07, 6.45) is 4.99. The minimum Gasteiger partial charge on any atom is -0.481 e. The monoisotopic (exact) mass is 234 g/mol. The molecule has 1 aromatic heterocycles. The van der Waals surface area contributed by atoms with E-state index in [0.717, 1.165) is 19.4 Å². The van der Waals surface area contributed by atoms with Gasteiger partial charge < -0.3 is 9.64 Å². The third-order valence-electron chi connectivity index (χ3n) is 3.26. The van der Waals surface area contributed by atoms with Gasteiger partial charge >= 0.3 is 0 Å². The van der Waals surface area contributed by atoms with Crippen LogP contribution in [0.4, 0.5) is 0 Å². The fourth-order valence-electron chi connectivity index (χ4n) is 2.19. The Morgan fingerprint density at radius 2 is 2.29 bits per heavy atom. The number of aromatic nitrogens is 1. The molecule has 1 amide bonds. The maximum absolute atomic E-state index is 12.3. The molecule has 1 atom stereocenters. The maximum Gasteiger partial charge on any atom is 0.255 e. The number of rotatable bonds is 2. The van der Waals surface area contributed by atoms with Crippen molar-refractivity contribution in [1.29, 1.82) is 0 Å². The molecule has 1 aliphatic heterocycles. The lowest BCUT2D eigenvalue weighted by Gasteiger charge is -2.33. The minimum atomic E-state index is 0.0763. The molecule has 4 nitrogen and oxygen atoms in total. The van der Waals surface area contributed by atoms with E-state index in [1.165, 1.54) is 6.42 Å². The SMILES string of the molecule is COc1ccc(C(=O)N2CCCCC2C)cn1. The van der Waals surface area contributed by atoms with Gasteiger partial charge in [0.15, 0.2) is 0 Å². The number of pyridine rings is 1. The van der Waals surface area contributed by atoms with Gasteiger partial charge in [-0.1, -0.05) is 0 Å². The molecule has 4 heteroatoms. The third-order valence-corrected chi connectivity index (χ3v) is 3.26. The molecule has 0 spiro atoms. The van der Waals surface area contributed by atoms with E-state index in [4.69, 9.17) is 4.74 Å². The van der Waals surface area contributed by atoms with Crippen LogP contribution in [0, 0.1) is 0 Å². The van der Waals surface area contributed by atoms with Crippen LogP contribution in [-0.2, 0) is 0 Å². The average Bonchev–Trinajstić information content (AvgIpc) is 2.39. The van der Waals surface area contributed by atoms with Gasteiger partial charge in [-0.2, -0.15) is 0 Å². The van der Waals surface area contributed by atoms with Gasteiger partial charge in [0.2, 0.25) is 5.88 Å². The fourth-order valence-corrected chi connectivity index (χ4v) is 2.19. The number of carbonyl (C=O) groups is 1. The highest BCUT2D eigenvalue weighted by Gasteiger charge is 2.24. The maximum atomic E-state index is 12.3. The molecule has 1 unspecified atom stereocenters. The first-order valence-corrected chi connectivity index (χ1v) is 6.03. The molecule has 1 aliphatic rings. The molecule has 1 fully saturated rings. The summed E-state index contributed by atoms with van der Waals surface area (Å²) in [4.78, 5) is 18.3. The zero-order valence-corrected chi connectivity index (χ0v) is 10.3. The quantitative estimate of drug-likeness (QED) is 0.787. The standard InChI is InChI=1S/C13H18N2O2/c1-10-5-3-4-8-15(10)13(16)11-6-7-12(17-2)14-9-11/h6-7,9-10H,3-5,8H2,1-2H3. The van der Waals surface area contributed by atoms with E-state index < -0.39 is 0 Å². The summed E-state index contributed by atoms with van der Waals surface area (Å²) in [5.74, 6) is 0.612. The summed E-state index contributed by atoms with van der Waals surface area (Å²) in [6.45, 7) is 2.96. The van der Waals surface area contributed by atoms with Crippen molar-refractivity contribution in [3.05, 3.63) is 23.9 Å². The molecule has 0 radical (unpaired) electrons. The van der Waals surface area contributed by atoms with Crippen LogP contribution >= 0.6 is 0 Å². The van der Waals surface area contributed by atoms with Crippen LogP contribution in [0.25, 0.3) is 0 Å². The van der Waals surface area contributed by atoms with Crippen molar-refractivity contribution in [3.63, 3.8) is 0 Å². The number of piperidine rings is 1. The van der Waals surface area contributed by atoms with Gasteiger partial charge in [-0.15, -0.1) is 0 Å². The summed E-state index contributed by atoms with van der Waals surface area (Å²) in [7, 11) is 1.57. The van der Waals surface area contributed by atoms with Gasteiger partial charge in [-0.25, -0.2) is 4.98 Å². The number of amides is 1. The molecule has 92 valence electrons. The number of hydrogen-bond donors (Lipinski definition) is 0. The summed E-state index contributed by atoms with van der Waals surface area (Å²) >= 11 is 0. The molecule has 0 bridgehead atoms. The van der Waals surface area contributed by atoms with Gasteiger partial charge in [-0.3, -0.25) is 4.79 Å². The van der Waals surface area contributed by atoms with Gasteiger partial charge in [0.05, 0.1) is 12.7 Å². The Bertz CT molecular complexity index is 389. The second kappa shape index (κ2) is 5.17. The number of nitrogens with zero attached hydrogens (tertiary/aromatic N) is 2. The van der Waals surface area contributed by atoms with E-state index in [1.807, 2.05) is 4.90 Å². The predicted molar refractivity (Wildman–Crippen MR) is 65.1 cm³/mol. The summed E-state index contributed by atoms with van der Waals surface area (Å²) < 4.78 is 4.98. The third kappa shape index (κ3) is 2.57. The van der Waals surface area contributed by atoms with E-state index in [2.05, 4.69) is 11.9 Å². The minimum absolute atomic E-state index is 0.0763. The van der Waals surface area contributed by atoms with Crippen LogP contribution < -0.4 is 4.74 Å². The Kier molecular flexibility index (Phi) is 3.61. The Morgan fingerprint density at radius 3 is 2.88 bits per heavy atom. The molecule has 2 rings (SSSR count). The van der Waals surface area contributed by atoms with E-state index in [1.54, 1.807) is 25.4 Å². The van der Waals surface area contributed by atoms with Crippen molar-refractivity contribution in [2.75, 3.05) is 13.7 Å². The molecular weight excluding hydrogens is 216 g/mol. The first-order chi connectivity index (χ1) is 8.22. The van der Waals surface area contributed by atoms with Crippen LogP contribution in [0.2, 0.25) is 0 Å². The van der Waals surface area contributed by atoms with Crippen LogP contribution in [0.1, 0.15) is 36.5 Å². The first kappa shape index (κ1) is 11.9. The number of ether oxygens (including phenoxy) is 1. The van der Waals surface area contributed by atoms with Crippen molar-refractivity contribution >= 4 is 5.91 Å². The average molecular weight is 234 g/mol. The summed E-state index contributed by atoms with van der Waals surface area (Å²) in [5.41, 5.74) is 0.638. The Balaban J connectivity index is 2.12. The smallest absolute Gasteiger partial charge is 0.255 e. The lowest BCUT2D eigenvalue weighted by Crippen LogP contribution is -2.42. The van der Waals surface area contributed by atoms with Gasteiger partial charge in [0, 0.05) is 24.8 Å². The topological polar surface area (TPSA) is 42.4 Å². The Labute approximate surface area is 102 Å². The lowest BCUT2D eigenvalue weighted by molar-refractivity contribution is 0.0635. The van der Waals surface area contributed by atoms with Crippen LogP contribution in [0.5, 0.6) is 5.88 Å². The molecule has 2 heterocycles. The molecule has 0 N–H and O–H groups in total. The zero-order valence-electron chi connectivity index (χ0n) is 10.3. The highest BCUT2D eigenvalue weighted by atomic mass is 16.5. The van der Waals surface area contributed by atoms with E-state index >= 15 is 0 Å². The molecule has 17 heavy (non-hydrogen) atoms. The van der Waals surface area contributed by atoms with E-state index in [-0.39, 0.29) is 5.91 Å². The van der Waals surface area contributed by atoms with E-state index in [9.17, 15) is 4.79 Å². The van der Waals surface area contributed by atoms with Gasteiger partial charge in [0.1, 0.15) is 0 Å². The van der Waals surface area contributed by atoms with Crippen LogP contribution in [0.3, 0.4) is 0 Å². The van der Waals surface area contributed by atoms with Crippen molar-refractivity contribution in [2.24, 2.45) is 0 Å². The number of methoxy groups -OCH3 is 1. The zero-order chi connectivity index (χ0) is 12.3. The predicted octanol–water partition coefficient (Wildman–Crippen LogP) is 2.10. The second-order valence-corrected chi connectivity index (χ2v) is 4.43. The lowest BCUT2D eigenvalue weighted by atomic mass is 10.0. The largest absolute Gasteiger partial charge is 0.481 e.